The first-order valence-corrected chi connectivity index (χ1v) is 16.5. The largest absolute Gasteiger partial charge is 0.417 e. The van der Waals surface area contributed by atoms with Crippen molar-refractivity contribution in [3.05, 3.63) is 63.6 Å². The first-order valence-electron chi connectivity index (χ1n) is 15.1. The predicted molar refractivity (Wildman–Crippen MR) is 167 cm³/mol. The van der Waals surface area contributed by atoms with Crippen molar-refractivity contribution < 1.29 is 26.7 Å². The molecule has 3 aromatic rings. The van der Waals surface area contributed by atoms with Crippen molar-refractivity contribution in [2.24, 2.45) is 5.41 Å². The minimum atomic E-state index is -4.95. The number of aromatic nitrogens is 2. The number of hydrogen-bond donors (Lipinski definition) is 0. The Morgan fingerprint density at radius 2 is 1.76 bits per heavy atom. The zero-order valence-electron chi connectivity index (χ0n) is 25.1. The van der Waals surface area contributed by atoms with Crippen molar-refractivity contribution in [3.63, 3.8) is 0 Å². The Hall–Kier alpha value is -3.16. The van der Waals surface area contributed by atoms with E-state index in [-0.39, 0.29) is 59.2 Å². The molecule has 0 bridgehead atoms. The summed E-state index contributed by atoms with van der Waals surface area (Å²) in [5.41, 5.74) is -2.90. The lowest BCUT2D eigenvalue weighted by Gasteiger charge is -2.50. The van der Waals surface area contributed by atoms with Crippen LogP contribution in [-0.2, 0) is 17.5 Å². The van der Waals surface area contributed by atoms with E-state index in [0.717, 1.165) is 36.7 Å². The lowest BCUT2D eigenvalue weighted by molar-refractivity contribution is -0.137. The number of piperazine rings is 1. The predicted octanol–water partition coefficient (Wildman–Crippen LogP) is 6.20. The summed E-state index contributed by atoms with van der Waals surface area (Å²) < 4.78 is 76.2. The molecule has 2 atom stereocenters. The van der Waals surface area contributed by atoms with Gasteiger partial charge in [0.05, 0.1) is 16.1 Å². The molecule has 1 amide bonds. The summed E-state index contributed by atoms with van der Waals surface area (Å²) in [6.07, 6.45) is -1.55. The van der Waals surface area contributed by atoms with Gasteiger partial charge >= 0.3 is 11.9 Å². The van der Waals surface area contributed by atoms with E-state index in [1.165, 1.54) is 10.6 Å². The molecular formula is C32H31ClF5N5O2S. The first kappa shape index (κ1) is 31.4. The van der Waals surface area contributed by atoms with E-state index in [4.69, 9.17) is 11.6 Å². The van der Waals surface area contributed by atoms with Crippen LogP contribution >= 0.6 is 23.4 Å². The molecule has 7 nitrogen and oxygen atoms in total. The topological polar surface area (TPSA) is 61.7 Å². The van der Waals surface area contributed by atoms with Crippen LogP contribution in [0.15, 0.2) is 40.5 Å². The number of anilines is 1. The number of alkyl halides is 3. The van der Waals surface area contributed by atoms with Crippen LogP contribution in [0.5, 0.6) is 0 Å². The maximum atomic E-state index is 15.5. The van der Waals surface area contributed by atoms with E-state index < -0.39 is 50.6 Å². The molecule has 46 heavy (non-hydrogen) atoms. The molecule has 7 rings (SSSR count). The number of thioether (sulfide) groups is 1. The molecule has 244 valence electrons. The highest BCUT2D eigenvalue weighted by Crippen LogP contribution is 2.53. The molecule has 1 saturated carbocycles. The molecule has 3 aliphatic heterocycles. The Balaban J connectivity index is 1.48. The summed E-state index contributed by atoms with van der Waals surface area (Å²) >= 11 is 7.17. The van der Waals surface area contributed by atoms with E-state index in [2.05, 4.69) is 16.5 Å². The maximum Gasteiger partial charge on any atom is 0.417 e. The van der Waals surface area contributed by atoms with Crippen molar-refractivity contribution in [1.82, 2.24) is 19.4 Å². The van der Waals surface area contributed by atoms with Crippen molar-refractivity contribution in [3.8, 4) is 11.1 Å². The van der Waals surface area contributed by atoms with Crippen molar-refractivity contribution in [2.45, 2.75) is 62.4 Å². The first-order chi connectivity index (χ1) is 21.7. The number of hydrogen-bond acceptors (Lipinski definition) is 6. The monoisotopic (exact) mass is 679 g/mol. The smallest absolute Gasteiger partial charge is 0.352 e. The van der Waals surface area contributed by atoms with Gasteiger partial charge in [-0.05, 0) is 44.9 Å². The second-order valence-electron chi connectivity index (χ2n) is 13.0. The standard InChI is InChI=1S/C32H31ClF5N5O2S/c1-4-25(44)43-16(2)10-40(11-17(43)3)29-20-7-21(32(36,37)38)26(19-8-22(33)24(35)9-23(19)34)28-27(20)42(30(45)39-29)14-31(15-46-28)12-41(13-31)18-5-6-18/h4,7-9,16-18H,1,5-6,10-15H2,2-3H3/t16-,17+. The minimum Gasteiger partial charge on any atom is -0.352 e. The number of carbonyl (C=O) groups excluding carboxylic acids is 1. The van der Waals surface area contributed by atoms with E-state index >= 15 is 17.6 Å². The fourth-order valence-electron chi connectivity index (χ4n) is 7.47. The molecule has 3 fully saturated rings. The summed E-state index contributed by atoms with van der Waals surface area (Å²) in [5.74, 6) is -2.10. The number of amides is 1. The van der Waals surface area contributed by atoms with Gasteiger partial charge < -0.3 is 9.80 Å². The third kappa shape index (κ3) is 5.09. The summed E-state index contributed by atoms with van der Waals surface area (Å²) in [5, 5.41) is -0.418. The van der Waals surface area contributed by atoms with Crippen molar-refractivity contribution in [2.75, 3.05) is 36.8 Å². The SMILES string of the molecule is C=CC(=O)N1[C@H](C)CN(c2nc(=O)n3c4c(c(-c5cc(Cl)c(F)cc5F)c(C(F)(F)F)cc24)SCC2(CN(C4CC4)C2)C3)C[C@@H]1C. The van der Waals surface area contributed by atoms with Crippen LogP contribution in [-0.4, -0.2) is 75.3 Å². The van der Waals surface area contributed by atoms with Crippen LogP contribution in [0.2, 0.25) is 5.02 Å². The highest BCUT2D eigenvalue weighted by molar-refractivity contribution is 7.99. The Bertz CT molecular complexity index is 1840. The molecule has 0 unspecified atom stereocenters. The zero-order valence-corrected chi connectivity index (χ0v) is 26.7. The Morgan fingerprint density at radius 3 is 2.37 bits per heavy atom. The molecule has 2 aromatic carbocycles. The number of benzene rings is 2. The highest BCUT2D eigenvalue weighted by Gasteiger charge is 2.50. The van der Waals surface area contributed by atoms with Gasteiger partial charge in [0.2, 0.25) is 5.91 Å². The fourth-order valence-corrected chi connectivity index (χ4v) is 9.08. The number of carbonyl (C=O) groups is 1. The van der Waals surface area contributed by atoms with Gasteiger partial charge in [-0.25, -0.2) is 13.6 Å². The van der Waals surface area contributed by atoms with E-state index in [9.17, 15) is 14.0 Å². The molecule has 1 spiro atoms. The second-order valence-corrected chi connectivity index (χ2v) is 14.4. The lowest BCUT2D eigenvalue weighted by Crippen LogP contribution is -2.60. The van der Waals surface area contributed by atoms with Crippen LogP contribution in [0.1, 0.15) is 32.3 Å². The van der Waals surface area contributed by atoms with Crippen molar-refractivity contribution in [1.29, 1.82) is 0 Å². The molecule has 2 saturated heterocycles. The molecule has 0 N–H and O–H groups in total. The third-order valence-corrected chi connectivity index (χ3v) is 11.3. The Morgan fingerprint density at radius 1 is 1.09 bits per heavy atom. The van der Waals surface area contributed by atoms with Crippen LogP contribution in [0, 0.1) is 17.0 Å². The minimum absolute atomic E-state index is 0.0707. The maximum absolute atomic E-state index is 15.5. The lowest BCUT2D eigenvalue weighted by atomic mass is 9.81. The molecule has 14 heteroatoms. The Labute approximate surface area is 271 Å². The summed E-state index contributed by atoms with van der Waals surface area (Å²) in [6, 6.07) is 2.05. The molecule has 1 aromatic heterocycles. The molecule has 0 radical (unpaired) electrons. The quantitative estimate of drug-likeness (QED) is 0.186. The third-order valence-electron chi connectivity index (χ3n) is 9.59. The van der Waals surface area contributed by atoms with Gasteiger partial charge in [-0.3, -0.25) is 14.3 Å². The average Bonchev–Trinajstić information content (AvgIpc) is 3.81. The second kappa shape index (κ2) is 10.9. The molecular weight excluding hydrogens is 649 g/mol. The fraction of sp³-hybridized carbons (Fsp3) is 0.469. The number of likely N-dealkylation sites (tertiary alicyclic amines) is 1. The van der Waals surface area contributed by atoms with Crippen LogP contribution in [0.4, 0.5) is 27.8 Å². The summed E-state index contributed by atoms with van der Waals surface area (Å²) in [6.45, 7) is 9.23. The van der Waals surface area contributed by atoms with E-state index in [1.807, 2.05) is 13.8 Å². The number of halogens is 6. The van der Waals surface area contributed by atoms with Gasteiger partial charge in [0.1, 0.15) is 17.5 Å². The van der Waals surface area contributed by atoms with Gasteiger partial charge in [0.25, 0.3) is 0 Å². The average molecular weight is 680 g/mol. The number of nitrogens with zero attached hydrogens (tertiary/aromatic N) is 5. The normalized spacial score (nSPS) is 23.0. The van der Waals surface area contributed by atoms with Gasteiger partial charge in [-0.15, -0.1) is 11.8 Å². The van der Waals surface area contributed by atoms with E-state index in [0.29, 0.717) is 31.0 Å². The molecule has 4 aliphatic rings. The van der Waals surface area contributed by atoms with Gasteiger partial charge in [-0.2, -0.15) is 18.2 Å². The highest BCUT2D eigenvalue weighted by atomic mass is 35.5. The van der Waals surface area contributed by atoms with Gasteiger partial charge in [-0.1, -0.05) is 18.2 Å². The van der Waals surface area contributed by atoms with Crippen molar-refractivity contribution >= 4 is 46.0 Å². The molecule has 1 aliphatic carbocycles. The summed E-state index contributed by atoms with van der Waals surface area (Å²) in [7, 11) is 0. The van der Waals surface area contributed by atoms with E-state index in [1.54, 1.807) is 9.80 Å². The van der Waals surface area contributed by atoms with Crippen LogP contribution in [0.3, 0.4) is 0 Å². The summed E-state index contributed by atoms with van der Waals surface area (Å²) in [4.78, 5) is 36.7. The van der Waals surface area contributed by atoms with Gasteiger partial charge in [0.15, 0.2) is 0 Å². The van der Waals surface area contributed by atoms with Gasteiger partial charge in [0, 0.05) is 89.5 Å². The van der Waals surface area contributed by atoms with Crippen LogP contribution < -0.4 is 10.6 Å². The molecule has 4 heterocycles. The zero-order chi connectivity index (χ0) is 32.9. The van der Waals surface area contributed by atoms with Crippen LogP contribution in [0.25, 0.3) is 22.0 Å². The number of rotatable bonds is 4. The Kier molecular flexibility index (Phi) is 7.48.